The van der Waals surface area contributed by atoms with Crippen molar-refractivity contribution in [3.8, 4) is 0 Å². The van der Waals surface area contributed by atoms with Crippen LogP contribution in [0.4, 0.5) is 0 Å². The Hall–Kier alpha value is -1.33. The zero-order valence-corrected chi connectivity index (χ0v) is 17.1. The van der Waals surface area contributed by atoms with Crippen molar-refractivity contribution in [2.45, 2.75) is 66.3 Å². The second-order valence-corrected chi connectivity index (χ2v) is 7.59. The maximum absolute atomic E-state index is 11.4. The summed E-state index contributed by atoms with van der Waals surface area (Å²) >= 11 is 1.56. The van der Waals surface area contributed by atoms with E-state index in [0.717, 1.165) is 31.4 Å². The van der Waals surface area contributed by atoms with E-state index >= 15 is 0 Å². The Morgan fingerprint density at radius 2 is 1.52 bits per heavy atom. The third-order valence-corrected chi connectivity index (χ3v) is 4.51. The second-order valence-electron chi connectivity index (χ2n) is 6.52. The van der Waals surface area contributed by atoms with Gasteiger partial charge < -0.3 is 10.5 Å². The minimum atomic E-state index is -0.756. The van der Waals surface area contributed by atoms with Gasteiger partial charge in [0.25, 0.3) is 0 Å². The molecule has 0 aromatic rings. The molecule has 0 rings (SSSR count). The summed E-state index contributed by atoms with van der Waals surface area (Å²) < 4.78 is 4.46. The van der Waals surface area contributed by atoms with Crippen LogP contribution in [0.25, 0.3) is 0 Å². The summed E-state index contributed by atoms with van der Waals surface area (Å²) in [6.07, 6.45) is 11.1. The first-order valence-electron chi connectivity index (χ1n) is 8.72. The average molecular weight is 368 g/mol. The Labute approximate surface area is 157 Å². The number of thioether (sulfide) groups is 1. The fourth-order valence-corrected chi connectivity index (χ4v) is 2.95. The number of hydrogen-bond donors (Lipinski definition) is 1. The largest absolute Gasteiger partial charge is 0.392 e. The molecule has 0 unspecified atom stereocenters. The quantitative estimate of drug-likeness (QED) is 0.251. The zero-order valence-electron chi connectivity index (χ0n) is 16.3. The molecule has 0 bridgehead atoms. The molecule has 0 amide bonds. The number of allylic oxidation sites excluding steroid dienone is 5. The van der Waals surface area contributed by atoms with Gasteiger partial charge in [-0.25, -0.2) is 4.79 Å². The molecule has 0 fully saturated rings. The van der Waals surface area contributed by atoms with Crippen LogP contribution in [-0.2, 0) is 14.3 Å². The summed E-state index contributed by atoms with van der Waals surface area (Å²) in [5.41, 5.74) is 9.82. The molecule has 25 heavy (non-hydrogen) atoms. The number of carbonyl (C=O) groups excluding carboxylic acids is 2. The van der Waals surface area contributed by atoms with Crippen molar-refractivity contribution >= 4 is 23.7 Å². The van der Waals surface area contributed by atoms with E-state index in [0.29, 0.717) is 5.75 Å². The van der Waals surface area contributed by atoms with E-state index in [1.165, 1.54) is 23.6 Å². The van der Waals surface area contributed by atoms with E-state index in [2.05, 4.69) is 50.7 Å². The molecule has 0 aliphatic rings. The fourth-order valence-electron chi connectivity index (χ4n) is 2.02. The Morgan fingerprint density at radius 3 is 2.08 bits per heavy atom. The number of esters is 2. The van der Waals surface area contributed by atoms with Crippen LogP contribution in [0.15, 0.2) is 34.9 Å². The van der Waals surface area contributed by atoms with Gasteiger partial charge >= 0.3 is 11.9 Å². The van der Waals surface area contributed by atoms with Crippen molar-refractivity contribution in [3.63, 3.8) is 0 Å². The van der Waals surface area contributed by atoms with Gasteiger partial charge in [-0.2, -0.15) is 11.8 Å². The molecular formula is C20H33NO3S. The van der Waals surface area contributed by atoms with Crippen molar-refractivity contribution in [2.24, 2.45) is 5.73 Å². The highest BCUT2D eigenvalue weighted by atomic mass is 32.2. The molecule has 0 saturated heterocycles. The van der Waals surface area contributed by atoms with E-state index in [4.69, 9.17) is 5.73 Å². The average Bonchev–Trinajstić information content (AvgIpc) is 2.50. The monoisotopic (exact) mass is 367 g/mol. The van der Waals surface area contributed by atoms with E-state index in [1.54, 1.807) is 11.8 Å². The van der Waals surface area contributed by atoms with E-state index in [1.807, 2.05) is 0 Å². The van der Waals surface area contributed by atoms with Gasteiger partial charge in [0.05, 0.1) is 0 Å². The molecular weight excluding hydrogens is 334 g/mol. The highest BCUT2D eigenvalue weighted by molar-refractivity contribution is 7.99. The first-order valence-corrected chi connectivity index (χ1v) is 9.88. The molecule has 142 valence electrons. The van der Waals surface area contributed by atoms with Gasteiger partial charge in [0.2, 0.25) is 0 Å². The van der Waals surface area contributed by atoms with Gasteiger partial charge in [0, 0.05) is 18.4 Å². The minimum absolute atomic E-state index is 0.444. The van der Waals surface area contributed by atoms with E-state index < -0.39 is 18.0 Å². The van der Waals surface area contributed by atoms with Crippen molar-refractivity contribution in [2.75, 3.05) is 11.5 Å². The predicted molar refractivity (Wildman–Crippen MR) is 107 cm³/mol. The summed E-state index contributed by atoms with van der Waals surface area (Å²) in [7, 11) is 0. The van der Waals surface area contributed by atoms with Crippen molar-refractivity contribution in [1.82, 2.24) is 0 Å². The summed E-state index contributed by atoms with van der Waals surface area (Å²) in [6.45, 7) is 9.77. The van der Waals surface area contributed by atoms with Crippen molar-refractivity contribution < 1.29 is 14.3 Å². The van der Waals surface area contributed by atoms with Gasteiger partial charge in [-0.3, -0.25) is 4.79 Å². The van der Waals surface area contributed by atoms with Gasteiger partial charge in [-0.1, -0.05) is 34.9 Å². The highest BCUT2D eigenvalue weighted by Crippen LogP contribution is 2.12. The smallest absolute Gasteiger partial charge is 0.331 e. The lowest BCUT2D eigenvalue weighted by atomic mass is 10.1. The summed E-state index contributed by atoms with van der Waals surface area (Å²) in [5.74, 6) is -0.0325. The zero-order chi connectivity index (χ0) is 19.2. The van der Waals surface area contributed by atoms with Crippen LogP contribution >= 0.6 is 11.8 Å². The number of carbonyl (C=O) groups is 2. The maximum Gasteiger partial charge on any atom is 0.331 e. The highest BCUT2D eigenvalue weighted by Gasteiger charge is 2.16. The summed E-state index contributed by atoms with van der Waals surface area (Å²) in [5, 5.41) is 0. The molecule has 0 aromatic heterocycles. The van der Waals surface area contributed by atoms with Crippen molar-refractivity contribution in [1.29, 1.82) is 0 Å². The molecule has 0 heterocycles. The maximum atomic E-state index is 11.4. The Kier molecular flexibility index (Phi) is 13.2. The van der Waals surface area contributed by atoms with Crippen LogP contribution in [0, 0.1) is 0 Å². The molecule has 2 N–H and O–H groups in total. The molecule has 0 aliphatic heterocycles. The summed E-state index contributed by atoms with van der Waals surface area (Å²) in [6, 6.07) is -0.756. The molecule has 5 heteroatoms. The van der Waals surface area contributed by atoms with Gasteiger partial charge in [0.15, 0.2) is 0 Å². The van der Waals surface area contributed by atoms with E-state index in [-0.39, 0.29) is 0 Å². The number of hydrogen-bond acceptors (Lipinski definition) is 5. The van der Waals surface area contributed by atoms with Crippen LogP contribution in [0.1, 0.15) is 60.3 Å². The number of nitrogens with two attached hydrogens (primary N) is 1. The number of ether oxygens (including phenoxy) is 1. The first-order chi connectivity index (χ1) is 11.7. The topological polar surface area (TPSA) is 69.4 Å². The van der Waals surface area contributed by atoms with Crippen LogP contribution in [0.3, 0.4) is 0 Å². The Balaban J connectivity index is 3.96. The third kappa shape index (κ3) is 14.7. The van der Waals surface area contributed by atoms with Crippen LogP contribution in [0.5, 0.6) is 0 Å². The predicted octanol–water partition coefficient (Wildman–Crippen LogP) is 4.56. The van der Waals surface area contributed by atoms with E-state index in [9.17, 15) is 9.59 Å². The molecule has 0 aromatic carbocycles. The fraction of sp³-hybridized carbons (Fsp3) is 0.600. The molecule has 0 aliphatic carbocycles. The Morgan fingerprint density at radius 1 is 0.960 bits per heavy atom. The first kappa shape index (κ1) is 23.7. The molecule has 0 saturated carbocycles. The van der Waals surface area contributed by atoms with Gasteiger partial charge in [-0.05, 0) is 53.4 Å². The normalized spacial score (nSPS) is 13.4. The SMILES string of the molecule is CC(=O)OC(=O)[C@@H](N)CSC/C=C(\C)CC/C=C(\C)CCC=C(C)C. The van der Waals surface area contributed by atoms with Crippen molar-refractivity contribution in [3.05, 3.63) is 34.9 Å². The molecule has 0 radical (unpaired) electrons. The second kappa shape index (κ2) is 13.9. The van der Waals surface area contributed by atoms with Gasteiger partial charge in [0.1, 0.15) is 6.04 Å². The summed E-state index contributed by atoms with van der Waals surface area (Å²) in [4.78, 5) is 22.1. The molecule has 1 atom stereocenters. The minimum Gasteiger partial charge on any atom is -0.392 e. The van der Waals surface area contributed by atoms with Gasteiger partial charge in [-0.15, -0.1) is 0 Å². The molecule has 0 spiro atoms. The number of rotatable bonds is 11. The molecule has 4 nitrogen and oxygen atoms in total. The Bertz CT molecular complexity index is 517. The third-order valence-electron chi connectivity index (χ3n) is 3.52. The van der Waals surface area contributed by atoms with Crippen LogP contribution < -0.4 is 5.73 Å². The lowest BCUT2D eigenvalue weighted by Gasteiger charge is -2.08. The standard InChI is InChI=1S/C20H33NO3S/c1-15(2)8-6-9-16(3)10-7-11-17(4)12-13-25-14-19(21)20(23)24-18(5)22/h8,10,12,19H,6-7,9,11,13-14,21H2,1-5H3/b16-10+,17-12+/t19-/m0/s1. The van der Waals surface area contributed by atoms with Crippen LogP contribution in [-0.4, -0.2) is 29.5 Å². The lowest BCUT2D eigenvalue weighted by Crippen LogP contribution is -2.35. The lowest BCUT2D eigenvalue weighted by molar-refractivity contribution is -0.158. The van der Waals surface area contributed by atoms with Crippen LogP contribution in [0.2, 0.25) is 0 Å².